The summed E-state index contributed by atoms with van der Waals surface area (Å²) in [4.78, 5) is 29.6. The third-order valence-corrected chi connectivity index (χ3v) is 5.44. The summed E-state index contributed by atoms with van der Waals surface area (Å²) in [6, 6.07) is 5.98. The molecule has 0 spiro atoms. The SMILES string of the molecule is O=C(NCCCN1CCCC1=O)c1cccc2c3c([nH]c12)CCCC3. The monoisotopic (exact) mass is 339 g/mol. The number of para-hydroxylation sites is 1. The van der Waals surface area contributed by atoms with Crippen molar-refractivity contribution in [3.8, 4) is 0 Å². The highest BCUT2D eigenvalue weighted by molar-refractivity contribution is 6.06. The maximum Gasteiger partial charge on any atom is 0.253 e. The van der Waals surface area contributed by atoms with Gasteiger partial charge in [-0.05, 0) is 50.2 Å². The number of likely N-dealkylation sites (tertiary alicyclic amines) is 1. The average Bonchev–Trinajstić information content (AvgIpc) is 3.21. The second-order valence-electron chi connectivity index (χ2n) is 7.11. The molecular formula is C20H25N3O2. The number of amides is 2. The first-order valence-electron chi connectivity index (χ1n) is 9.42. The minimum Gasteiger partial charge on any atom is -0.358 e. The molecule has 2 N–H and O–H groups in total. The summed E-state index contributed by atoms with van der Waals surface area (Å²) in [6.07, 6.45) is 7.06. The van der Waals surface area contributed by atoms with Gasteiger partial charge in [0.1, 0.15) is 0 Å². The van der Waals surface area contributed by atoms with Crippen molar-refractivity contribution in [1.82, 2.24) is 15.2 Å². The summed E-state index contributed by atoms with van der Waals surface area (Å²) in [5, 5.41) is 4.21. The Kier molecular flexibility index (Phi) is 4.47. The molecule has 2 aromatic rings. The summed E-state index contributed by atoms with van der Waals surface area (Å²) >= 11 is 0. The van der Waals surface area contributed by atoms with Gasteiger partial charge in [-0.15, -0.1) is 0 Å². The Bertz CT molecular complexity index is 809. The maximum absolute atomic E-state index is 12.6. The molecule has 0 atom stereocenters. The minimum atomic E-state index is -0.0306. The number of hydrogen-bond donors (Lipinski definition) is 2. The molecule has 1 aliphatic carbocycles. The van der Waals surface area contributed by atoms with E-state index in [0.29, 0.717) is 13.0 Å². The zero-order valence-corrected chi connectivity index (χ0v) is 14.6. The lowest BCUT2D eigenvalue weighted by Gasteiger charge is -2.15. The minimum absolute atomic E-state index is 0.0306. The van der Waals surface area contributed by atoms with Crippen LogP contribution in [0.4, 0.5) is 0 Å². The number of fused-ring (bicyclic) bond motifs is 3. The van der Waals surface area contributed by atoms with Crippen molar-refractivity contribution < 1.29 is 9.59 Å². The van der Waals surface area contributed by atoms with Crippen molar-refractivity contribution in [1.29, 1.82) is 0 Å². The van der Waals surface area contributed by atoms with E-state index in [4.69, 9.17) is 0 Å². The van der Waals surface area contributed by atoms with E-state index in [9.17, 15) is 9.59 Å². The molecule has 0 unspecified atom stereocenters. The molecule has 1 aliphatic heterocycles. The third-order valence-electron chi connectivity index (χ3n) is 5.44. The van der Waals surface area contributed by atoms with E-state index in [1.54, 1.807) is 0 Å². The van der Waals surface area contributed by atoms with Crippen molar-refractivity contribution in [3.63, 3.8) is 0 Å². The quantitative estimate of drug-likeness (QED) is 0.823. The van der Waals surface area contributed by atoms with E-state index in [0.717, 1.165) is 49.9 Å². The molecule has 0 saturated carbocycles. The standard InChI is InChI=1S/C20H25N3O2/c24-18-10-4-12-23(18)13-5-11-21-20(25)16-8-3-7-15-14-6-1-2-9-17(14)22-19(15)16/h3,7-8,22H,1-2,4-6,9-13H2,(H,21,25). The number of carbonyl (C=O) groups excluding carboxylic acids is 2. The summed E-state index contributed by atoms with van der Waals surface area (Å²) in [6.45, 7) is 2.19. The molecule has 1 aromatic heterocycles. The Hall–Kier alpha value is -2.30. The number of benzene rings is 1. The van der Waals surface area contributed by atoms with Crippen LogP contribution in [0.25, 0.3) is 10.9 Å². The first-order chi connectivity index (χ1) is 12.2. The van der Waals surface area contributed by atoms with Crippen LogP contribution in [0, 0.1) is 0 Å². The van der Waals surface area contributed by atoms with E-state index in [2.05, 4.69) is 16.4 Å². The molecule has 5 heteroatoms. The Morgan fingerprint density at radius 1 is 1.16 bits per heavy atom. The largest absolute Gasteiger partial charge is 0.358 e. The van der Waals surface area contributed by atoms with Gasteiger partial charge >= 0.3 is 0 Å². The molecule has 1 aromatic carbocycles. The van der Waals surface area contributed by atoms with Gasteiger partial charge < -0.3 is 15.2 Å². The van der Waals surface area contributed by atoms with Crippen molar-refractivity contribution in [2.75, 3.05) is 19.6 Å². The van der Waals surface area contributed by atoms with Gasteiger partial charge in [0, 0.05) is 37.1 Å². The van der Waals surface area contributed by atoms with Crippen LogP contribution >= 0.6 is 0 Å². The number of rotatable bonds is 5. The number of aryl methyl sites for hydroxylation is 2. The van der Waals surface area contributed by atoms with Gasteiger partial charge in [0.2, 0.25) is 5.91 Å². The summed E-state index contributed by atoms with van der Waals surface area (Å²) in [5.74, 6) is 0.213. The molecular weight excluding hydrogens is 314 g/mol. The van der Waals surface area contributed by atoms with Gasteiger partial charge in [-0.3, -0.25) is 9.59 Å². The Balaban J connectivity index is 1.41. The van der Waals surface area contributed by atoms with Crippen LogP contribution in [-0.4, -0.2) is 41.3 Å². The molecule has 2 amide bonds. The number of nitrogens with one attached hydrogen (secondary N) is 2. The molecule has 1 saturated heterocycles. The Labute approximate surface area is 147 Å². The van der Waals surface area contributed by atoms with Gasteiger partial charge in [0.15, 0.2) is 0 Å². The highest BCUT2D eigenvalue weighted by Gasteiger charge is 2.20. The maximum atomic E-state index is 12.6. The normalized spacial score (nSPS) is 17.1. The van der Waals surface area contributed by atoms with Crippen LogP contribution in [0.15, 0.2) is 18.2 Å². The van der Waals surface area contributed by atoms with Crippen molar-refractivity contribution in [2.24, 2.45) is 0 Å². The van der Waals surface area contributed by atoms with Gasteiger partial charge in [-0.2, -0.15) is 0 Å². The molecule has 1 fully saturated rings. The van der Waals surface area contributed by atoms with Gasteiger partial charge in [0.05, 0.1) is 11.1 Å². The fourth-order valence-electron chi connectivity index (χ4n) is 4.13. The van der Waals surface area contributed by atoms with E-state index < -0.39 is 0 Å². The van der Waals surface area contributed by atoms with E-state index >= 15 is 0 Å². The summed E-state index contributed by atoms with van der Waals surface area (Å²) < 4.78 is 0. The zero-order valence-electron chi connectivity index (χ0n) is 14.6. The van der Waals surface area contributed by atoms with Crippen LogP contribution in [-0.2, 0) is 17.6 Å². The number of aromatic nitrogens is 1. The number of H-pyrrole nitrogens is 1. The van der Waals surface area contributed by atoms with Crippen LogP contribution in [0.2, 0.25) is 0 Å². The number of hydrogen-bond acceptors (Lipinski definition) is 2. The topological polar surface area (TPSA) is 65.2 Å². The van der Waals surface area contributed by atoms with E-state index in [-0.39, 0.29) is 11.8 Å². The second-order valence-corrected chi connectivity index (χ2v) is 7.11. The van der Waals surface area contributed by atoms with Crippen molar-refractivity contribution in [3.05, 3.63) is 35.0 Å². The van der Waals surface area contributed by atoms with Crippen LogP contribution in [0.3, 0.4) is 0 Å². The van der Waals surface area contributed by atoms with Crippen LogP contribution in [0.5, 0.6) is 0 Å². The van der Waals surface area contributed by atoms with E-state index in [1.165, 1.54) is 29.5 Å². The molecule has 25 heavy (non-hydrogen) atoms. The summed E-state index contributed by atoms with van der Waals surface area (Å²) in [5.41, 5.74) is 4.39. The lowest BCUT2D eigenvalue weighted by molar-refractivity contribution is -0.127. The fraction of sp³-hybridized carbons (Fsp3) is 0.500. The predicted molar refractivity (Wildman–Crippen MR) is 97.7 cm³/mol. The number of aromatic amines is 1. The molecule has 5 nitrogen and oxygen atoms in total. The summed E-state index contributed by atoms with van der Waals surface area (Å²) in [7, 11) is 0. The third kappa shape index (κ3) is 3.15. The zero-order chi connectivity index (χ0) is 17.2. The van der Waals surface area contributed by atoms with Gasteiger partial charge in [0.25, 0.3) is 5.91 Å². The highest BCUT2D eigenvalue weighted by Crippen LogP contribution is 2.30. The lowest BCUT2D eigenvalue weighted by atomic mass is 9.95. The Morgan fingerprint density at radius 2 is 2.04 bits per heavy atom. The molecule has 2 aliphatic rings. The average molecular weight is 339 g/mol. The molecule has 4 rings (SSSR count). The first-order valence-corrected chi connectivity index (χ1v) is 9.42. The van der Waals surface area contributed by atoms with E-state index in [1.807, 2.05) is 17.0 Å². The predicted octanol–water partition coefficient (Wildman–Crippen LogP) is 2.79. The molecule has 2 heterocycles. The van der Waals surface area contributed by atoms with Crippen LogP contribution in [0.1, 0.15) is 53.7 Å². The van der Waals surface area contributed by atoms with Gasteiger partial charge in [-0.1, -0.05) is 12.1 Å². The highest BCUT2D eigenvalue weighted by atomic mass is 16.2. The number of carbonyl (C=O) groups is 2. The Morgan fingerprint density at radius 3 is 2.88 bits per heavy atom. The van der Waals surface area contributed by atoms with Crippen molar-refractivity contribution in [2.45, 2.75) is 44.9 Å². The fourth-order valence-corrected chi connectivity index (χ4v) is 4.13. The van der Waals surface area contributed by atoms with Crippen molar-refractivity contribution >= 4 is 22.7 Å². The molecule has 0 bridgehead atoms. The molecule has 132 valence electrons. The molecule has 0 radical (unpaired) electrons. The lowest BCUT2D eigenvalue weighted by Crippen LogP contribution is -2.30. The smallest absolute Gasteiger partial charge is 0.253 e. The second kappa shape index (κ2) is 6.90. The first kappa shape index (κ1) is 16.2. The van der Waals surface area contributed by atoms with Crippen LogP contribution < -0.4 is 5.32 Å². The van der Waals surface area contributed by atoms with Gasteiger partial charge in [-0.25, -0.2) is 0 Å². The number of nitrogens with zero attached hydrogens (tertiary/aromatic N) is 1.